The summed E-state index contributed by atoms with van der Waals surface area (Å²) in [5.74, 6) is 0.130. The molecule has 1 heterocycles. The second-order valence-corrected chi connectivity index (χ2v) is 6.29. The van der Waals surface area contributed by atoms with Gasteiger partial charge in [-0.05, 0) is 59.3 Å². The van der Waals surface area contributed by atoms with Crippen LogP contribution in [-0.2, 0) is 6.18 Å². The van der Waals surface area contributed by atoms with Crippen molar-refractivity contribution in [2.75, 3.05) is 18.5 Å². The van der Waals surface area contributed by atoms with Crippen LogP contribution in [0.25, 0.3) is 0 Å². The standard InChI is InChI=1S/C17H19F3N2O2S/c18-17(19,20)14-2-1-3-15(10-14)22-16(24)21-7-4-12(5-8-23)13-6-9-25-11-13/h1-3,6,9-12,23H,4-5,7-8H2,(H2,21,22,24). The Balaban J connectivity index is 1.84. The number of halogens is 3. The molecule has 0 bridgehead atoms. The summed E-state index contributed by atoms with van der Waals surface area (Å²) >= 11 is 1.57. The molecule has 1 atom stereocenters. The predicted molar refractivity (Wildman–Crippen MR) is 91.8 cm³/mol. The minimum absolute atomic E-state index is 0.0525. The van der Waals surface area contributed by atoms with Gasteiger partial charge in [0.15, 0.2) is 0 Å². The third-order valence-corrected chi connectivity index (χ3v) is 4.42. The van der Waals surface area contributed by atoms with Gasteiger partial charge in [0.1, 0.15) is 0 Å². The SMILES string of the molecule is O=C(NCCC(CCO)c1ccsc1)Nc1cccc(C(F)(F)F)c1. The maximum Gasteiger partial charge on any atom is 0.416 e. The largest absolute Gasteiger partial charge is 0.416 e. The van der Waals surface area contributed by atoms with Gasteiger partial charge in [-0.25, -0.2) is 4.79 Å². The number of hydrogen-bond donors (Lipinski definition) is 3. The first-order chi connectivity index (χ1) is 11.9. The van der Waals surface area contributed by atoms with E-state index in [9.17, 15) is 18.0 Å². The molecule has 0 radical (unpaired) electrons. The van der Waals surface area contributed by atoms with Gasteiger partial charge >= 0.3 is 12.2 Å². The molecule has 0 aliphatic carbocycles. The first kappa shape index (κ1) is 19.3. The van der Waals surface area contributed by atoms with Gasteiger partial charge in [0, 0.05) is 18.8 Å². The molecule has 0 spiro atoms. The number of carbonyl (C=O) groups excluding carboxylic acids is 1. The van der Waals surface area contributed by atoms with Crippen LogP contribution in [0.4, 0.5) is 23.7 Å². The zero-order valence-corrected chi connectivity index (χ0v) is 14.2. The molecule has 8 heteroatoms. The van der Waals surface area contributed by atoms with Crippen LogP contribution in [0.15, 0.2) is 41.1 Å². The Labute approximate surface area is 147 Å². The Morgan fingerprint density at radius 3 is 2.68 bits per heavy atom. The molecule has 2 amide bonds. The van der Waals surface area contributed by atoms with E-state index < -0.39 is 17.8 Å². The highest BCUT2D eigenvalue weighted by Crippen LogP contribution is 2.30. The third kappa shape index (κ3) is 6.06. The summed E-state index contributed by atoms with van der Waals surface area (Å²) in [5, 5.41) is 18.1. The van der Waals surface area contributed by atoms with Crippen LogP contribution < -0.4 is 10.6 Å². The van der Waals surface area contributed by atoms with Crippen LogP contribution in [0.2, 0.25) is 0 Å². The Hall–Kier alpha value is -2.06. The second kappa shape index (κ2) is 8.87. The Bertz CT molecular complexity index is 675. The van der Waals surface area contributed by atoms with E-state index in [4.69, 9.17) is 5.11 Å². The quantitative estimate of drug-likeness (QED) is 0.673. The van der Waals surface area contributed by atoms with Crippen molar-refractivity contribution in [1.82, 2.24) is 5.32 Å². The summed E-state index contributed by atoms with van der Waals surface area (Å²) in [6.07, 6.45) is -3.23. The van der Waals surface area contributed by atoms with E-state index in [1.54, 1.807) is 11.3 Å². The topological polar surface area (TPSA) is 61.4 Å². The van der Waals surface area contributed by atoms with Crippen LogP contribution in [0.3, 0.4) is 0 Å². The molecule has 0 fully saturated rings. The van der Waals surface area contributed by atoms with Crippen LogP contribution in [-0.4, -0.2) is 24.3 Å². The summed E-state index contributed by atoms with van der Waals surface area (Å²) < 4.78 is 38.0. The first-order valence-corrected chi connectivity index (χ1v) is 8.69. The highest BCUT2D eigenvalue weighted by atomic mass is 32.1. The Morgan fingerprint density at radius 1 is 1.24 bits per heavy atom. The molecule has 3 N–H and O–H groups in total. The monoisotopic (exact) mass is 372 g/mol. The molecule has 2 rings (SSSR count). The molecule has 4 nitrogen and oxygen atoms in total. The number of urea groups is 1. The van der Waals surface area contributed by atoms with Crippen molar-refractivity contribution in [1.29, 1.82) is 0 Å². The summed E-state index contributed by atoms with van der Waals surface area (Å²) in [7, 11) is 0. The van der Waals surface area contributed by atoms with Crippen LogP contribution in [0.5, 0.6) is 0 Å². The second-order valence-electron chi connectivity index (χ2n) is 5.51. The number of benzene rings is 1. The number of nitrogens with one attached hydrogen (secondary N) is 2. The van der Waals surface area contributed by atoms with Gasteiger partial charge in [0.2, 0.25) is 0 Å². The average molecular weight is 372 g/mol. The van der Waals surface area contributed by atoms with Crippen LogP contribution >= 0.6 is 11.3 Å². The zero-order valence-electron chi connectivity index (χ0n) is 13.3. The predicted octanol–water partition coefficient (Wildman–Crippen LogP) is 4.44. The lowest BCUT2D eigenvalue weighted by molar-refractivity contribution is -0.137. The lowest BCUT2D eigenvalue weighted by Crippen LogP contribution is -2.30. The molecular formula is C17H19F3N2O2S. The fraction of sp³-hybridized carbons (Fsp3) is 0.353. The molecule has 1 unspecified atom stereocenters. The Kier molecular flexibility index (Phi) is 6.83. The van der Waals surface area contributed by atoms with Crippen molar-refractivity contribution in [2.24, 2.45) is 0 Å². The molecule has 0 aliphatic heterocycles. The van der Waals surface area contributed by atoms with Crippen molar-refractivity contribution < 1.29 is 23.1 Å². The maximum absolute atomic E-state index is 12.7. The molecule has 25 heavy (non-hydrogen) atoms. The van der Waals surface area contributed by atoms with Crippen molar-refractivity contribution in [3.05, 3.63) is 52.2 Å². The third-order valence-electron chi connectivity index (χ3n) is 3.72. The molecule has 0 aliphatic rings. The number of alkyl halides is 3. The van der Waals surface area contributed by atoms with Crippen molar-refractivity contribution in [3.63, 3.8) is 0 Å². The van der Waals surface area contributed by atoms with Crippen molar-refractivity contribution >= 4 is 23.1 Å². The van der Waals surface area contributed by atoms with Crippen LogP contribution in [0, 0.1) is 0 Å². The minimum Gasteiger partial charge on any atom is -0.396 e. The highest BCUT2D eigenvalue weighted by molar-refractivity contribution is 7.07. The first-order valence-electron chi connectivity index (χ1n) is 7.75. The maximum atomic E-state index is 12.7. The Morgan fingerprint density at radius 2 is 2.04 bits per heavy atom. The molecule has 136 valence electrons. The number of aliphatic hydroxyl groups excluding tert-OH is 1. The number of anilines is 1. The molecular weight excluding hydrogens is 353 g/mol. The van der Waals surface area contributed by atoms with Gasteiger partial charge in [-0.3, -0.25) is 0 Å². The van der Waals surface area contributed by atoms with E-state index in [1.165, 1.54) is 12.1 Å². The van der Waals surface area contributed by atoms with Gasteiger partial charge in [-0.2, -0.15) is 24.5 Å². The fourth-order valence-corrected chi connectivity index (χ4v) is 3.19. The van der Waals surface area contributed by atoms with Crippen molar-refractivity contribution in [3.8, 4) is 0 Å². The number of hydrogen-bond acceptors (Lipinski definition) is 3. The van der Waals surface area contributed by atoms with Crippen LogP contribution in [0.1, 0.15) is 29.9 Å². The van der Waals surface area contributed by atoms with Gasteiger partial charge in [0.25, 0.3) is 0 Å². The fourth-order valence-electron chi connectivity index (χ4n) is 2.45. The normalized spacial score (nSPS) is 12.6. The summed E-state index contributed by atoms with van der Waals surface area (Å²) in [6.45, 7) is 0.405. The lowest BCUT2D eigenvalue weighted by atomic mass is 9.95. The van der Waals surface area contributed by atoms with E-state index in [0.717, 1.165) is 17.7 Å². The smallest absolute Gasteiger partial charge is 0.396 e. The van der Waals surface area contributed by atoms with E-state index >= 15 is 0 Å². The summed E-state index contributed by atoms with van der Waals surface area (Å²) in [4.78, 5) is 11.8. The molecule has 0 saturated carbocycles. The van der Waals surface area contributed by atoms with Gasteiger partial charge < -0.3 is 15.7 Å². The van der Waals surface area contributed by atoms with E-state index in [2.05, 4.69) is 10.6 Å². The van der Waals surface area contributed by atoms with Crippen molar-refractivity contribution in [2.45, 2.75) is 24.9 Å². The lowest BCUT2D eigenvalue weighted by Gasteiger charge is -2.15. The number of aliphatic hydroxyl groups is 1. The number of rotatable bonds is 7. The number of amides is 2. The van der Waals surface area contributed by atoms with Gasteiger partial charge in [-0.15, -0.1) is 0 Å². The minimum atomic E-state index is -4.45. The van der Waals surface area contributed by atoms with Gasteiger partial charge in [-0.1, -0.05) is 6.07 Å². The van der Waals surface area contributed by atoms with E-state index in [1.807, 2.05) is 16.8 Å². The zero-order chi connectivity index (χ0) is 18.3. The molecule has 1 aromatic carbocycles. The molecule has 2 aromatic rings. The number of thiophene rings is 1. The van der Waals surface area contributed by atoms with E-state index in [0.29, 0.717) is 19.4 Å². The van der Waals surface area contributed by atoms with E-state index in [-0.39, 0.29) is 18.2 Å². The summed E-state index contributed by atoms with van der Waals surface area (Å²) in [6, 6.07) is 5.89. The highest BCUT2D eigenvalue weighted by Gasteiger charge is 2.30. The average Bonchev–Trinajstić information content (AvgIpc) is 3.08. The molecule has 1 aromatic heterocycles. The number of carbonyl (C=O) groups is 1. The molecule has 0 saturated heterocycles. The summed E-state index contributed by atoms with van der Waals surface area (Å²) in [5.41, 5.74) is 0.377. The van der Waals surface area contributed by atoms with Gasteiger partial charge in [0.05, 0.1) is 5.56 Å².